The Hall–Kier alpha value is -0.510. The molecule has 1 heterocycles. The second-order valence-electron chi connectivity index (χ2n) is 6.31. The van der Waals surface area contributed by atoms with Crippen molar-refractivity contribution in [2.24, 2.45) is 5.41 Å². The molecule has 1 aromatic rings. The van der Waals surface area contributed by atoms with Gasteiger partial charge in [0.05, 0.1) is 14.0 Å². The number of halogens is 2. The molecule has 1 aliphatic rings. The Morgan fingerprint density at radius 1 is 1.46 bits per heavy atom. The highest BCUT2D eigenvalue weighted by Gasteiger charge is 2.52. The van der Waals surface area contributed by atoms with Crippen molar-refractivity contribution in [1.82, 2.24) is 0 Å². The highest BCUT2D eigenvalue weighted by Crippen LogP contribution is 2.74. The van der Waals surface area contributed by atoms with Crippen LogP contribution in [0, 0.1) is 11.2 Å². The maximum Gasteiger partial charge on any atom is 0.347 e. The summed E-state index contributed by atoms with van der Waals surface area (Å²) >= 11 is 5.83. The van der Waals surface area contributed by atoms with Crippen LogP contribution in [-0.2, 0) is 18.6 Å². The van der Waals surface area contributed by atoms with E-state index in [1.165, 1.54) is 12.1 Å². The predicted octanol–water partition coefficient (Wildman–Crippen LogP) is 4.46. The van der Waals surface area contributed by atoms with Gasteiger partial charge in [-0.2, -0.15) is 9.05 Å². The Morgan fingerprint density at radius 2 is 2.08 bits per heavy atom. The molecular weight excluding hydrogens is 377 g/mol. The maximum atomic E-state index is 13.0. The van der Waals surface area contributed by atoms with Crippen LogP contribution in [0.4, 0.5) is 4.39 Å². The lowest BCUT2D eigenvalue weighted by atomic mass is 9.97. The molecule has 9 heteroatoms. The van der Waals surface area contributed by atoms with E-state index in [4.69, 9.17) is 30.1 Å². The van der Waals surface area contributed by atoms with Gasteiger partial charge in [-0.25, -0.2) is 9.18 Å². The molecule has 0 amide bonds. The monoisotopic (exact) mass is 397 g/mol. The van der Waals surface area contributed by atoms with Crippen LogP contribution in [0.2, 0.25) is 5.02 Å². The Bertz CT molecular complexity index is 604. The van der Waals surface area contributed by atoms with Gasteiger partial charge in [-0.15, -0.1) is 0 Å². The quantitative estimate of drug-likeness (QED) is 0.542. The normalized spacial score (nSPS) is 20.2. The highest BCUT2D eigenvalue weighted by molar-refractivity contribution is 8.19. The molecule has 0 aliphatic carbocycles. The number of hydrogen-bond donors (Lipinski definition) is 0. The van der Waals surface area contributed by atoms with Crippen molar-refractivity contribution in [3.8, 4) is 5.75 Å². The van der Waals surface area contributed by atoms with Crippen molar-refractivity contribution >= 4 is 33.9 Å². The molecule has 1 fully saturated rings. The molecule has 5 nitrogen and oxygen atoms in total. The lowest BCUT2D eigenvalue weighted by Crippen LogP contribution is -2.33. The number of hydrogen-bond acceptors (Lipinski definition) is 5. The van der Waals surface area contributed by atoms with Crippen molar-refractivity contribution < 1.29 is 27.7 Å². The second kappa shape index (κ2) is 7.80. The largest absolute Gasteiger partial charge is 0.480 e. The van der Waals surface area contributed by atoms with Crippen molar-refractivity contribution in [3.05, 3.63) is 29.0 Å². The van der Waals surface area contributed by atoms with Crippen LogP contribution in [-0.4, -0.2) is 31.6 Å². The molecule has 0 saturated carbocycles. The van der Waals surface area contributed by atoms with Gasteiger partial charge in [0.15, 0.2) is 6.61 Å². The minimum atomic E-state index is -2.36. The fourth-order valence-electron chi connectivity index (χ4n) is 1.87. The Labute approximate surface area is 148 Å². The molecule has 0 radical (unpaired) electrons. The van der Waals surface area contributed by atoms with E-state index < -0.39 is 25.0 Å². The molecule has 0 aromatic heterocycles. The second-order valence-corrected chi connectivity index (χ2v) is 11.4. The van der Waals surface area contributed by atoms with Gasteiger partial charge in [-0.1, -0.05) is 25.4 Å². The minimum Gasteiger partial charge on any atom is -0.480 e. The fraction of sp³-hybridized carbons (Fsp3) is 0.533. The van der Waals surface area contributed by atoms with Crippen molar-refractivity contribution in [2.75, 3.05) is 19.8 Å². The third-order valence-electron chi connectivity index (χ3n) is 3.36. The van der Waals surface area contributed by atoms with E-state index in [9.17, 15) is 9.18 Å². The zero-order valence-electron chi connectivity index (χ0n) is 13.8. The molecular formula is C15H21ClFO5P2+. The molecule has 1 aromatic carbocycles. The van der Waals surface area contributed by atoms with E-state index in [1.54, 1.807) is 6.92 Å². The first-order valence-corrected chi connectivity index (χ1v) is 11.0. The van der Waals surface area contributed by atoms with Crippen LogP contribution in [0.25, 0.3) is 0 Å². The molecule has 24 heavy (non-hydrogen) atoms. The summed E-state index contributed by atoms with van der Waals surface area (Å²) in [5.41, 5.74) is -0.0633. The first kappa shape index (κ1) is 19.8. The van der Waals surface area contributed by atoms with E-state index in [0.29, 0.717) is 13.2 Å². The number of rotatable bonds is 5. The average molecular weight is 398 g/mol. The Balaban J connectivity index is 1.85. The number of ether oxygens (including phenoxy) is 2. The molecule has 1 saturated heterocycles. The van der Waals surface area contributed by atoms with E-state index in [0.717, 1.165) is 6.07 Å². The number of carbonyl (C=O) groups excluding carboxylic acids is 1. The molecule has 2 rings (SSSR count). The zero-order chi connectivity index (χ0) is 18.0. The van der Waals surface area contributed by atoms with Gasteiger partial charge in [0.25, 0.3) is 5.85 Å². The molecule has 1 aliphatic heterocycles. The van der Waals surface area contributed by atoms with E-state index >= 15 is 0 Å². The topological polar surface area (TPSA) is 54.0 Å². The van der Waals surface area contributed by atoms with Gasteiger partial charge in [0, 0.05) is 12.3 Å². The van der Waals surface area contributed by atoms with Crippen LogP contribution < -0.4 is 4.74 Å². The van der Waals surface area contributed by atoms with Gasteiger partial charge in [-0.3, -0.25) is 0 Å². The summed E-state index contributed by atoms with van der Waals surface area (Å²) in [5.74, 6) is -1.39. The lowest BCUT2D eigenvalue weighted by molar-refractivity contribution is -0.148. The molecule has 0 bridgehead atoms. The number of esters is 1. The van der Waals surface area contributed by atoms with Crippen molar-refractivity contribution in [3.63, 3.8) is 0 Å². The molecule has 0 spiro atoms. The maximum absolute atomic E-state index is 13.0. The van der Waals surface area contributed by atoms with Gasteiger partial charge in [0.1, 0.15) is 24.8 Å². The summed E-state index contributed by atoms with van der Waals surface area (Å²) in [6, 6.07) is 3.66. The third-order valence-corrected chi connectivity index (χ3v) is 8.00. The summed E-state index contributed by atoms with van der Waals surface area (Å²) in [7, 11) is 0.198. The van der Waals surface area contributed by atoms with Crippen LogP contribution in [0.3, 0.4) is 0 Å². The van der Waals surface area contributed by atoms with Crippen LogP contribution >= 0.6 is 27.9 Å². The zero-order valence-corrected chi connectivity index (χ0v) is 16.6. The SMILES string of the molecule is CC(OC(=O)COc1ccc(F)cc1Cl)[P+]1(P)OCC(C)(C)CO1. The van der Waals surface area contributed by atoms with Gasteiger partial charge in [-0.05, 0) is 18.2 Å². The summed E-state index contributed by atoms with van der Waals surface area (Å²) in [6.45, 7) is 6.53. The molecule has 2 atom stereocenters. The predicted molar refractivity (Wildman–Crippen MR) is 94.8 cm³/mol. The van der Waals surface area contributed by atoms with Crippen LogP contribution in [0.15, 0.2) is 18.2 Å². The summed E-state index contributed by atoms with van der Waals surface area (Å²) < 4.78 is 35.2. The molecule has 0 N–H and O–H groups in total. The molecule has 2 unspecified atom stereocenters. The average Bonchev–Trinajstić information content (AvgIpc) is 2.49. The highest BCUT2D eigenvalue weighted by atomic mass is 35.5. The number of carbonyl (C=O) groups is 1. The van der Waals surface area contributed by atoms with Crippen molar-refractivity contribution in [1.29, 1.82) is 0 Å². The minimum absolute atomic E-state index is 0.0633. The molecule has 134 valence electrons. The lowest BCUT2D eigenvalue weighted by Gasteiger charge is -2.35. The van der Waals surface area contributed by atoms with Crippen LogP contribution in [0.1, 0.15) is 20.8 Å². The summed E-state index contributed by atoms with van der Waals surface area (Å²) in [4.78, 5) is 12.0. The third kappa shape index (κ3) is 5.24. The first-order chi connectivity index (χ1) is 11.1. The van der Waals surface area contributed by atoms with E-state index in [2.05, 4.69) is 8.93 Å². The van der Waals surface area contributed by atoms with Crippen molar-refractivity contribution in [2.45, 2.75) is 26.6 Å². The smallest absolute Gasteiger partial charge is 0.347 e. The fourth-order valence-corrected chi connectivity index (χ4v) is 4.58. The Kier molecular flexibility index (Phi) is 6.44. The summed E-state index contributed by atoms with van der Waals surface area (Å²) in [5, 5.41) is 0.0899. The number of benzene rings is 1. The van der Waals surface area contributed by atoms with E-state index in [-0.39, 0.29) is 22.8 Å². The standard InChI is InChI=1S/C15H21ClFO5P2/c1-10(24(23)20-8-15(2,3)9-21-24)22-14(18)7-19-13-5-4-11(17)6-12(13)16/h4-6,10H,7-9,23H2,1-3H3/q+1. The first-order valence-electron chi connectivity index (χ1n) is 7.35. The summed E-state index contributed by atoms with van der Waals surface area (Å²) in [6.07, 6.45) is 0. The van der Waals surface area contributed by atoms with Crippen LogP contribution in [0.5, 0.6) is 5.75 Å². The van der Waals surface area contributed by atoms with Gasteiger partial charge in [0.2, 0.25) is 0 Å². The van der Waals surface area contributed by atoms with Gasteiger partial charge < -0.3 is 9.47 Å². The van der Waals surface area contributed by atoms with Gasteiger partial charge >= 0.3 is 13.4 Å². The van der Waals surface area contributed by atoms with E-state index in [1.807, 2.05) is 13.8 Å². The Morgan fingerprint density at radius 3 is 2.67 bits per heavy atom.